The maximum atomic E-state index is 15.0. The van der Waals surface area contributed by atoms with Gasteiger partial charge in [-0.25, -0.2) is 17.8 Å². The van der Waals surface area contributed by atoms with Crippen LogP contribution in [0.2, 0.25) is 0 Å². The Kier molecular flexibility index (Phi) is 6.56. The number of hydrogen-bond donors (Lipinski definition) is 1. The van der Waals surface area contributed by atoms with E-state index >= 15 is 0 Å². The Labute approximate surface area is 198 Å². The van der Waals surface area contributed by atoms with Crippen LogP contribution < -0.4 is 10.5 Å². The maximum Gasteiger partial charge on any atom is 0.254 e. The molecule has 2 N–H and O–H groups in total. The predicted molar refractivity (Wildman–Crippen MR) is 127 cm³/mol. The van der Waals surface area contributed by atoms with Gasteiger partial charge in [-0.15, -0.1) is 0 Å². The molecule has 0 bridgehead atoms. The van der Waals surface area contributed by atoms with Crippen molar-refractivity contribution >= 4 is 21.6 Å². The highest BCUT2D eigenvalue weighted by Crippen LogP contribution is 2.28. The van der Waals surface area contributed by atoms with Crippen molar-refractivity contribution in [2.24, 2.45) is 0 Å². The number of fused-ring (bicyclic) bond motifs is 1. The molecule has 1 aliphatic heterocycles. The van der Waals surface area contributed by atoms with E-state index in [2.05, 4.69) is 4.98 Å². The molecular weight excluding hydrogens is 457 g/mol. The van der Waals surface area contributed by atoms with Gasteiger partial charge in [0.1, 0.15) is 28.9 Å². The van der Waals surface area contributed by atoms with Crippen molar-refractivity contribution in [1.29, 1.82) is 0 Å². The number of carbonyl (C=O) groups excluding carboxylic acids is 1. The van der Waals surface area contributed by atoms with Gasteiger partial charge in [-0.1, -0.05) is 19.1 Å². The second kappa shape index (κ2) is 9.42. The highest BCUT2D eigenvalue weighted by atomic mass is 32.2. The van der Waals surface area contributed by atoms with Crippen molar-refractivity contribution in [3.05, 3.63) is 82.3 Å². The first-order valence-electron chi connectivity index (χ1n) is 10.9. The highest BCUT2D eigenvalue weighted by Gasteiger charge is 2.27. The molecule has 2 aromatic carbocycles. The molecule has 0 atom stereocenters. The molecule has 0 spiro atoms. The van der Waals surface area contributed by atoms with Crippen LogP contribution in [0.3, 0.4) is 0 Å². The number of sulfone groups is 1. The number of carbonyl (C=O) groups is 1. The summed E-state index contributed by atoms with van der Waals surface area (Å²) in [5, 5.41) is 0. The van der Waals surface area contributed by atoms with Crippen molar-refractivity contribution in [2.75, 3.05) is 25.1 Å². The molecule has 0 saturated carbocycles. The third kappa shape index (κ3) is 4.89. The molecule has 178 valence electrons. The van der Waals surface area contributed by atoms with Crippen LogP contribution in [0.25, 0.3) is 0 Å². The van der Waals surface area contributed by atoms with Gasteiger partial charge in [-0.05, 0) is 54.3 Å². The van der Waals surface area contributed by atoms with Crippen LogP contribution in [0.15, 0.2) is 53.6 Å². The zero-order valence-corrected chi connectivity index (χ0v) is 19.9. The molecule has 0 radical (unpaired) electrons. The van der Waals surface area contributed by atoms with Gasteiger partial charge in [0.25, 0.3) is 5.91 Å². The lowest BCUT2D eigenvalue weighted by molar-refractivity contribution is 0.0731. The summed E-state index contributed by atoms with van der Waals surface area (Å²) in [4.78, 5) is 18.7. The monoisotopic (exact) mass is 483 g/mol. The lowest BCUT2D eigenvalue weighted by Gasteiger charge is -2.22. The van der Waals surface area contributed by atoms with Gasteiger partial charge in [-0.2, -0.15) is 0 Å². The molecule has 34 heavy (non-hydrogen) atoms. The van der Waals surface area contributed by atoms with E-state index in [9.17, 15) is 17.6 Å². The molecule has 1 aromatic heterocycles. The lowest BCUT2D eigenvalue weighted by Crippen LogP contribution is -2.33. The summed E-state index contributed by atoms with van der Waals surface area (Å²) in [5.41, 5.74) is 8.81. The number of anilines is 1. The first kappa shape index (κ1) is 23.7. The maximum absolute atomic E-state index is 15.0. The quantitative estimate of drug-likeness (QED) is 0.597. The van der Waals surface area contributed by atoms with E-state index in [1.807, 2.05) is 24.3 Å². The molecule has 1 amide bonds. The van der Waals surface area contributed by atoms with Crippen LogP contribution in [-0.2, 0) is 29.2 Å². The van der Waals surface area contributed by atoms with Gasteiger partial charge in [-0.3, -0.25) is 4.79 Å². The van der Waals surface area contributed by atoms with Crippen LogP contribution in [0.4, 0.5) is 10.2 Å². The fraction of sp³-hybridized carbons (Fsp3) is 0.280. The van der Waals surface area contributed by atoms with Gasteiger partial charge in [0.15, 0.2) is 9.84 Å². The van der Waals surface area contributed by atoms with Crippen LogP contribution in [0, 0.1) is 5.82 Å². The number of amides is 1. The number of aromatic nitrogens is 1. The molecule has 7 nitrogen and oxygen atoms in total. The summed E-state index contributed by atoms with van der Waals surface area (Å²) >= 11 is 0. The second-order valence-corrected chi connectivity index (χ2v) is 10.3. The Balaban J connectivity index is 1.62. The zero-order valence-electron chi connectivity index (χ0n) is 19.0. The largest absolute Gasteiger partial charge is 0.491 e. The number of nitrogen functional groups attached to an aromatic ring is 1. The first-order chi connectivity index (χ1) is 16.2. The number of pyridine rings is 1. The normalized spacial score (nSPS) is 13.7. The van der Waals surface area contributed by atoms with Gasteiger partial charge < -0.3 is 15.4 Å². The summed E-state index contributed by atoms with van der Waals surface area (Å²) in [6, 6.07) is 12.1. The first-order valence-corrected chi connectivity index (χ1v) is 12.8. The van der Waals surface area contributed by atoms with E-state index in [4.69, 9.17) is 10.5 Å². The fourth-order valence-electron chi connectivity index (χ4n) is 4.11. The van der Waals surface area contributed by atoms with Crippen molar-refractivity contribution in [2.45, 2.75) is 31.2 Å². The minimum atomic E-state index is -3.74. The van der Waals surface area contributed by atoms with Gasteiger partial charge in [0.05, 0.1) is 6.54 Å². The van der Waals surface area contributed by atoms with E-state index in [0.717, 1.165) is 29.0 Å². The van der Waals surface area contributed by atoms with Crippen LogP contribution >= 0.6 is 0 Å². The molecule has 0 saturated heterocycles. The Morgan fingerprint density at radius 1 is 1.18 bits per heavy atom. The molecule has 0 unspecified atom stereocenters. The molecular formula is C25H26FN3O4S. The van der Waals surface area contributed by atoms with Crippen LogP contribution in [0.5, 0.6) is 5.75 Å². The molecule has 0 aliphatic carbocycles. The number of hydrogen-bond acceptors (Lipinski definition) is 6. The summed E-state index contributed by atoms with van der Waals surface area (Å²) in [5.74, 6) is -0.0633. The summed E-state index contributed by atoms with van der Waals surface area (Å²) in [6.07, 6.45) is 3.52. The fourth-order valence-corrected chi connectivity index (χ4v) is 4.87. The Hall–Kier alpha value is -3.46. The molecule has 0 fully saturated rings. The molecule has 4 rings (SSSR count). The van der Waals surface area contributed by atoms with Crippen molar-refractivity contribution in [3.63, 3.8) is 0 Å². The van der Waals surface area contributed by atoms with Crippen LogP contribution in [-0.4, -0.2) is 43.6 Å². The molecule has 2 heterocycles. The minimum absolute atomic E-state index is 0.0999. The van der Waals surface area contributed by atoms with Crippen molar-refractivity contribution in [3.8, 4) is 5.75 Å². The van der Waals surface area contributed by atoms with E-state index in [1.54, 1.807) is 24.1 Å². The number of nitrogens with zero attached hydrogens (tertiary/aromatic N) is 2. The van der Waals surface area contributed by atoms with E-state index in [-0.39, 0.29) is 23.5 Å². The Morgan fingerprint density at radius 2 is 1.94 bits per heavy atom. The minimum Gasteiger partial charge on any atom is -0.491 e. The highest BCUT2D eigenvalue weighted by molar-refractivity contribution is 7.90. The number of ether oxygens (including phenoxy) is 1. The SMILES string of the molecule is CCc1c(C(=O)N2CCOc3ccc(Cc4ccc(N)nc4)cc3C2)ccc(S(C)(=O)=O)c1F. The number of rotatable bonds is 5. The lowest BCUT2D eigenvalue weighted by atomic mass is 10.0. The third-order valence-corrected chi connectivity index (χ3v) is 6.95. The smallest absolute Gasteiger partial charge is 0.254 e. The van der Waals surface area contributed by atoms with E-state index < -0.39 is 20.5 Å². The standard InChI is InChI=1S/C25H26FN3O4S/c1-3-19-20(6-8-22(24(19)26)34(2,31)32)25(30)29-10-11-33-21-7-4-16(13-18(21)15-29)12-17-5-9-23(27)28-14-17/h4-9,13-14H,3,10-12,15H2,1-2H3,(H2,27,28). The van der Waals surface area contributed by atoms with Crippen molar-refractivity contribution < 1.29 is 22.3 Å². The third-order valence-electron chi connectivity index (χ3n) is 5.84. The topological polar surface area (TPSA) is 103 Å². The zero-order chi connectivity index (χ0) is 24.5. The van der Waals surface area contributed by atoms with Gasteiger partial charge in [0, 0.05) is 35.7 Å². The summed E-state index contributed by atoms with van der Waals surface area (Å²) < 4.78 is 44.6. The molecule has 1 aliphatic rings. The number of benzene rings is 2. The molecule has 3 aromatic rings. The second-order valence-electron chi connectivity index (χ2n) is 8.31. The summed E-state index contributed by atoms with van der Waals surface area (Å²) in [6.45, 7) is 2.61. The summed E-state index contributed by atoms with van der Waals surface area (Å²) in [7, 11) is -3.74. The van der Waals surface area contributed by atoms with E-state index in [0.29, 0.717) is 37.7 Å². The van der Waals surface area contributed by atoms with Crippen molar-refractivity contribution in [1.82, 2.24) is 9.88 Å². The Bertz CT molecular complexity index is 1340. The van der Waals surface area contributed by atoms with E-state index in [1.165, 1.54) is 6.07 Å². The number of halogens is 1. The van der Waals surface area contributed by atoms with Gasteiger partial charge >= 0.3 is 0 Å². The average Bonchev–Trinajstić information content (AvgIpc) is 3.01. The average molecular weight is 484 g/mol. The van der Waals surface area contributed by atoms with Gasteiger partial charge in [0.2, 0.25) is 0 Å². The Morgan fingerprint density at radius 3 is 2.62 bits per heavy atom. The van der Waals surface area contributed by atoms with Crippen LogP contribution in [0.1, 0.15) is 39.5 Å². The molecule has 9 heteroatoms. The number of nitrogens with two attached hydrogens (primary N) is 1. The predicted octanol–water partition coefficient (Wildman–Crippen LogP) is 3.39.